The monoisotopic (exact) mass is 257 g/mol. The van der Waals surface area contributed by atoms with Gasteiger partial charge in [0, 0.05) is 19.0 Å². The van der Waals surface area contributed by atoms with E-state index in [0.29, 0.717) is 5.88 Å². The Hall–Kier alpha value is -0.600. The fraction of sp³-hybridized carbons (Fsp3) is 0.571. The minimum atomic E-state index is -0.172. The molecule has 0 saturated carbocycles. The maximum Gasteiger partial charge on any atom is 0.123 e. The van der Waals surface area contributed by atoms with Gasteiger partial charge in [0.2, 0.25) is 0 Å². The lowest BCUT2D eigenvalue weighted by Crippen LogP contribution is -2.29. The molecule has 17 heavy (non-hydrogen) atoms. The molecule has 1 aromatic rings. The van der Waals surface area contributed by atoms with Gasteiger partial charge in [-0.3, -0.25) is 0 Å². The molecule has 0 spiro atoms. The highest BCUT2D eigenvalue weighted by molar-refractivity contribution is 6.17. The van der Waals surface area contributed by atoms with Crippen molar-refractivity contribution in [3.05, 3.63) is 35.1 Å². The second kappa shape index (κ2) is 6.36. The molecule has 0 aliphatic carbocycles. The van der Waals surface area contributed by atoms with E-state index in [2.05, 4.69) is 19.2 Å². The van der Waals surface area contributed by atoms with Crippen LogP contribution < -0.4 is 5.32 Å². The molecule has 0 heterocycles. The van der Waals surface area contributed by atoms with Crippen molar-refractivity contribution in [1.82, 2.24) is 5.32 Å². The zero-order chi connectivity index (χ0) is 12.9. The molecular weight excluding hydrogens is 237 g/mol. The summed E-state index contributed by atoms with van der Waals surface area (Å²) in [6.45, 7) is 8.01. The molecule has 0 fully saturated rings. The van der Waals surface area contributed by atoms with Crippen molar-refractivity contribution in [3.8, 4) is 0 Å². The molecule has 0 radical (unpaired) electrons. The van der Waals surface area contributed by atoms with Crippen LogP contribution in [0, 0.1) is 18.2 Å². The summed E-state index contributed by atoms with van der Waals surface area (Å²) < 4.78 is 12.9. The Morgan fingerprint density at radius 3 is 2.65 bits per heavy atom. The Kier molecular flexibility index (Phi) is 5.41. The third kappa shape index (κ3) is 5.05. The zero-order valence-electron chi connectivity index (χ0n) is 10.8. The molecule has 0 aliphatic rings. The highest BCUT2D eigenvalue weighted by atomic mass is 35.5. The van der Waals surface area contributed by atoms with Crippen molar-refractivity contribution in [2.45, 2.75) is 33.7 Å². The molecule has 0 aromatic heterocycles. The van der Waals surface area contributed by atoms with Gasteiger partial charge < -0.3 is 5.32 Å². The highest BCUT2D eigenvalue weighted by Gasteiger charge is 2.16. The normalized spacial score (nSPS) is 11.8. The van der Waals surface area contributed by atoms with Crippen LogP contribution in [-0.2, 0) is 6.54 Å². The van der Waals surface area contributed by atoms with E-state index in [9.17, 15) is 4.39 Å². The Morgan fingerprint density at radius 1 is 1.35 bits per heavy atom. The Bertz CT molecular complexity index is 363. The van der Waals surface area contributed by atoms with Gasteiger partial charge in [-0.05, 0) is 42.0 Å². The molecule has 0 bridgehead atoms. The van der Waals surface area contributed by atoms with Crippen LogP contribution in [0.4, 0.5) is 4.39 Å². The van der Waals surface area contributed by atoms with Gasteiger partial charge in [0.15, 0.2) is 0 Å². The van der Waals surface area contributed by atoms with Crippen LogP contribution in [0.15, 0.2) is 18.2 Å². The average molecular weight is 258 g/mol. The lowest BCUT2D eigenvalue weighted by Gasteiger charge is -2.24. The quantitative estimate of drug-likeness (QED) is 0.763. The van der Waals surface area contributed by atoms with Crippen molar-refractivity contribution in [2.24, 2.45) is 5.41 Å². The van der Waals surface area contributed by atoms with Crippen molar-refractivity contribution >= 4 is 11.6 Å². The summed E-state index contributed by atoms with van der Waals surface area (Å²) in [5, 5.41) is 3.41. The molecule has 0 unspecified atom stereocenters. The minimum Gasteiger partial charge on any atom is -0.312 e. The van der Waals surface area contributed by atoms with Gasteiger partial charge in [-0.1, -0.05) is 19.9 Å². The van der Waals surface area contributed by atoms with E-state index in [4.69, 9.17) is 11.6 Å². The maximum atomic E-state index is 12.9. The van der Waals surface area contributed by atoms with Crippen molar-refractivity contribution in [3.63, 3.8) is 0 Å². The first-order valence-corrected chi connectivity index (χ1v) is 6.50. The van der Waals surface area contributed by atoms with Gasteiger partial charge in [0.25, 0.3) is 0 Å². The highest BCUT2D eigenvalue weighted by Crippen LogP contribution is 2.19. The van der Waals surface area contributed by atoms with Crippen LogP contribution in [0.3, 0.4) is 0 Å². The molecule has 0 saturated heterocycles. The summed E-state index contributed by atoms with van der Waals surface area (Å²) in [7, 11) is 0. The van der Waals surface area contributed by atoms with Gasteiger partial charge in [-0.25, -0.2) is 4.39 Å². The number of hydrogen-bond acceptors (Lipinski definition) is 1. The van der Waals surface area contributed by atoms with Crippen LogP contribution in [0.2, 0.25) is 0 Å². The van der Waals surface area contributed by atoms with Gasteiger partial charge >= 0.3 is 0 Å². The Labute approximate surface area is 108 Å². The van der Waals surface area contributed by atoms with Crippen LogP contribution in [0.1, 0.15) is 31.4 Å². The number of nitrogens with one attached hydrogen (secondary N) is 1. The molecule has 1 rings (SSSR count). The predicted molar refractivity (Wildman–Crippen MR) is 72.0 cm³/mol. The third-order valence-corrected chi connectivity index (χ3v) is 3.18. The topological polar surface area (TPSA) is 12.0 Å². The standard InChI is InChI=1S/C14H21ClFN/c1-11-8-13(16)5-4-12(11)9-17-10-14(2,3)6-7-15/h4-5,8,17H,6-7,9-10H2,1-3H3. The first kappa shape index (κ1) is 14.5. The lowest BCUT2D eigenvalue weighted by atomic mass is 9.90. The summed E-state index contributed by atoms with van der Waals surface area (Å²) in [4.78, 5) is 0. The van der Waals surface area contributed by atoms with Crippen LogP contribution in [0.25, 0.3) is 0 Å². The summed E-state index contributed by atoms with van der Waals surface area (Å²) in [6.07, 6.45) is 0.990. The van der Waals surface area contributed by atoms with Gasteiger partial charge in [0.05, 0.1) is 0 Å². The summed E-state index contributed by atoms with van der Waals surface area (Å²) in [5.41, 5.74) is 2.34. The SMILES string of the molecule is Cc1cc(F)ccc1CNCC(C)(C)CCCl. The fourth-order valence-corrected chi connectivity index (χ4v) is 2.25. The summed E-state index contributed by atoms with van der Waals surface area (Å²) >= 11 is 5.76. The number of benzene rings is 1. The number of halogens is 2. The molecule has 1 nitrogen and oxygen atoms in total. The average Bonchev–Trinajstić information content (AvgIpc) is 2.21. The minimum absolute atomic E-state index is 0.172. The van der Waals surface area contributed by atoms with Crippen molar-refractivity contribution < 1.29 is 4.39 Å². The number of aryl methyl sites for hydroxylation is 1. The van der Waals surface area contributed by atoms with E-state index in [1.807, 2.05) is 13.0 Å². The molecule has 0 amide bonds. The molecule has 1 aromatic carbocycles. The molecule has 3 heteroatoms. The van der Waals surface area contributed by atoms with E-state index in [0.717, 1.165) is 30.6 Å². The van der Waals surface area contributed by atoms with Crippen molar-refractivity contribution in [1.29, 1.82) is 0 Å². The molecule has 96 valence electrons. The van der Waals surface area contributed by atoms with E-state index >= 15 is 0 Å². The van der Waals surface area contributed by atoms with Crippen LogP contribution in [-0.4, -0.2) is 12.4 Å². The second-order valence-corrected chi connectivity index (χ2v) is 5.66. The van der Waals surface area contributed by atoms with Gasteiger partial charge in [-0.15, -0.1) is 11.6 Å². The Balaban J connectivity index is 2.46. The third-order valence-electron chi connectivity index (χ3n) is 2.99. The maximum absolute atomic E-state index is 12.9. The lowest BCUT2D eigenvalue weighted by molar-refractivity contribution is 0.329. The molecule has 0 aliphatic heterocycles. The largest absolute Gasteiger partial charge is 0.312 e. The van der Waals surface area contributed by atoms with E-state index in [1.54, 1.807) is 6.07 Å². The fourth-order valence-electron chi connectivity index (χ4n) is 1.74. The first-order valence-electron chi connectivity index (χ1n) is 5.96. The predicted octanol–water partition coefficient (Wildman–Crippen LogP) is 3.88. The van der Waals surface area contributed by atoms with E-state index in [1.165, 1.54) is 6.07 Å². The number of rotatable bonds is 6. The molecule has 0 atom stereocenters. The van der Waals surface area contributed by atoms with Crippen LogP contribution >= 0.6 is 11.6 Å². The zero-order valence-corrected chi connectivity index (χ0v) is 11.6. The van der Waals surface area contributed by atoms with Gasteiger partial charge in [-0.2, -0.15) is 0 Å². The summed E-state index contributed by atoms with van der Waals surface area (Å²) in [6, 6.07) is 4.92. The van der Waals surface area contributed by atoms with Crippen LogP contribution in [0.5, 0.6) is 0 Å². The molecular formula is C14H21ClFN. The second-order valence-electron chi connectivity index (χ2n) is 5.28. The Morgan fingerprint density at radius 2 is 2.06 bits per heavy atom. The number of alkyl halides is 1. The smallest absolute Gasteiger partial charge is 0.123 e. The van der Waals surface area contributed by atoms with E-state index < -0.39 is 0 Å². The molecule has 1 N–H and O–H groups in total. The first-order chi connectivity index (χ1) is 7.94. The summed E-state index contributed by atoms with van der Waals surface area (Å²) in [5.74, 6) is 0.512. The number of hydrogen-bond donors (Lipinski definition) is 1. The van der Waals surface area contributed by atoms with E-state index in [-0.39, 0.29) is 11.2 Å². The van der Waals surface area contributed by atoms with Crippen molar-refractivity contribution in [2.75, 3.05) is 12.4 Å². The van der Waals surface area contributed by atoms with Gasteiger partial charge in [0.1, 0.15) is 5.82 Å².